The van der Waals surface area contributed by atoms with Gasteiger partial charge in [-0.3, -0.25) is 0 Å². The van der Waals surface area contributed by atoms with Crippen LogP contribution >= 0.6 is 11.6 Å². The molecule has 3 nitrogen and oxygen atoms in total. The van der Waals surface area contributed by atoms with E-state index >= 15 is 0 Å². The fourth-order valence-electron chi connectivity index (χ4n) is 2.54. The zero-order valence-corrected chi connectivity index (χ0v) is 13.8. The van der Waals surface area contributed by atoms with Gasteiger partial charge in [-0.2, -0.15) is 0 Å². The van der Waals surface area contributed by atoms with E-state index < -0.39 is 0 Å². The minimum Gasteiger partial charge on any atom is -0.495 e. The first-order chi connectivity index (χ1) is 10.3. The molecule has 4 heteroatoms. The van der Waals surface area contributed by atoms with Gasteiger partial charge in [0.15, 0.2) is 0 Å². The first kappa shape index (κ1) is 16.4. The summed E-state index contributed by atoms with van der Waals surface area (Å²) in [5, 5.41) is 4.13. The number of hydrogen-bond donors (Lipinski definition) is 1. The van der Waals surface area contributed by atoms with Gasteiger partial charge in [-0.15, -0.1) is 0 Å². The van der Waals surface area contributed by atoms with Crippen molar-refractivity contribution < 1.29 is 9.47 Å². The lowest BCUT2D eigenvalue weighted by molar-refractivity contribution is 0.391. The number of methoxy groups -OCH3 is 2. The first-order valence-electron chi connectivity index (χ1n) is 7.89. The van der Waals surface area contributed by atoms with Crippen molar-refractivity contribution in [2.24, 2.45) is 0 Å². The van der Waals surface area contributed by atoms with E-state index in [9.17, 15) is 0 Å². The highest BCUT2D eigenvalue weighted by Gasteiger charge is 2.19. The molecule has 0 amide bonds. The van der Waals surface area contributed by atoms with Crippen molar-refractivity contribution >= 4 is 11.6 Å². The second-order valence-electron chi connectivity index (χ2n) is 5.67. The van der Waals surface area contributed by atoms with E-state index in [1.807, 2.05) is 6.07 Å². The van der Waals surface area contributed by atoms with Crippen LogP contribution in [0.3, 0.4) is 0 Å². The van der Waals surface area contributed by atoms with Crippen LogP contribution in [0.4, 0.5) is 0 Å². The van der Waals surface area contributed by atoms with Gasteiger partial charge >= 0.3 is 0 Å². The Hall–Kier alpha value is -0.930. The molecule has 0 saturated heterocycles. The minimum absolute atomic E-state index is 0.575. The molecule has 1 aromatic carbocycles. The van der Waals surface area contributed by atoms with E-state index in [0.29, 0.717) is 10.8 Å². The van der Waals surface area contributed by atoms with Crippen molar-refractivity contribution in [2.45, 2.75) is 51.0 Å². The molecule has 1 N–H and O–H groups in total. The van der Waals surface area contributed by atoms with Crippen LogP contribution in [0, 0.1) is 0 Å². The van der Waals surface area contributed by atoms with Gasteiger partial charge in [-0.25, -0.2) is 0 Å². The molecule has 118 valence electrons. The maximum absolute atomic E-state index is 6.27. The average molecular weight is 312 g/mol. The number of benzene rings is 1. The van der Waals surface area contributed by atoms with Crippen molar-refractivity contribution in [3.63, 3.8) is 0 Å². The van der Waals surface area contributed by atoms with E-state index in [0.717, 1.165) is 18.2 Å². The molecule has 21 heavy (non-hydrogen) atoms. The molecule has 0 spiro atoms. The van der Waals surface area contributed by atoms with Crippen molar-refractivity contribution in [3.8, 4) is 11.5 Å². The lowest BCUT2D eigenvalue weighted by atomic mass is 10.0. The zero-order valence-electron chi connectivity index (χ0n) is 13.1. The summed E-state index contributed by atoms with van der Waals surface area (Å²) in [6.45, 7) is 1.17. The number of hydrogen-bond acceptors (Lipinski definition) is 3. The molecule has 1 aliphatic rings. The third kappa shape index (κ3) is 5.08. The Kier molecular flexibility index (Phi) is 6.65. The normalized spacial score (nSPS) is 14.2. The third-order valence-electron chi connectivity index (χ3n) is 3.95. The van der Waals surface area contributed by atoms with Gasteiger partial charge < -0.3 is 14.8 Å². The second-order valence-corrected chi connectivity index (χ2v) is 6.04. The maximum atomic E-state index is 6.27. The van der Waals surface area contributed by atoms with Crippen LogP contribution in [0.15, 0.2) is 12.1 Å². The van der Waals surface area contributed by atoms with Gasteiger partial charge in [0.25, 0.3) is 0 Å². The van der Waals surface area contributed by atoms with E-state index in [-0.39, 0.29) is 0 Å². The molecule has 1 aromatic rings. The van der Waals surface area contributed by atoms with E-state index in [1.54, 1.807) is 14.2 Å². The molecule has 0 atom stereocenters. The summed E-state index contributed by atoms with van der Waals surface area (Å²) in [5.74, 6) is 1.43. The highest BCUT2D eigenvalue weighted by Crippen LogP contribution is 2.37. The summed E-state index contributed by atoms with van der Waals surface area (Å²) >= 11 is 6.27. The third-order valence-corrected chi connectivity index (χ3v) is 4.31. The highest BCUT2D eigenvalue weighted by atomic mass is 35.5. The Morgan fingerprint density at radius 1 is 1.10 bits per heavy atom. The SMILES string of the molecule is COc1ccc(CCCCCCNC2CC2)c(OC)c1Cl. The summed E-state index contributed by atoms with van der Waals surface area (Å²) in [4.78, 5) is 0. The van der Waals surface area contributed by atoms with Gasteiger partial charge in [0.2, 0.25) is 0 Å². The molecule has 0 aromatic heterocycles. The summed E-state index contributed by atoms with van der Waals surface area (Å²) in [6.07, 6.45) is 8.73. The van der Waals surface area contributed by atoms with Gasteiger partial charge in [0, 0.05) is 6.04 Å². The molecule has 0 radical (unpaired) electrons. The predicted octanol–water partition coefficient (Wildman–Crippen LogP) is 4.21. The van der Waals surface area contributed by atoms with Crippen LogP contribution in [-0.4, -0.2) is 26.8 Å². The van der Waals surface area contributed by atoms with Crippen LogP contribution in [0.5, 0.6) is 11.5 Å². The lowest BCUT2D eigenvalue weighted by Crippen LogP contribution is -2.17. The first-order valence-corrected chi connectivity index (χ1v) is 8.26. The Morgan fingerprint density at radius 2 is 1.86 bits per heavy atom. The minimum atomic E-state index is 0.575. The van der Waals surface area contributed by atoms with Crippen molar-refractivity contribution in [2.75, 3.05) is 20.8 Å². The van der Waals surface area contributed by atoms with Crippen LogP contribution in [-0.2, 0) is 6.42 Å². The van der Waals surface area contributed by atoms with Gasteiger partial charge in [0.05, 0.1) is 14.2 Å². The molecule has 0 heterocycles. The molecule has 0 bridgehead atoms. The summed E-state index contributed by atoms with van der Waals surface area (Å²) in [7, 11) is 3.28. The topological polar surface area (TPSA) is 30.5 Å². The van der Waals surface area contributed by atoms with Crippen LogP contribution in [0.2, 0.25) is 5.02 Å². The van der Waals surface area contributed by atoms with Crippen LogP contribution < -0.4 is 14.8 Å². The second kappa shape index (κ2) is 8.50. The Labute approximate surface area is 133 Å². The van der Waals surface area contributed by atoms with Gasteiger partial charge in [-0.1, -0.05) is 30.5 Å². The molecule has 1 fully saturated rings. The molecule has 1 aliphatic carbocycles. The van der Waals surface area contributed by atoms with Crippen molar-refractivity contribution in [1.29, 1.82) is 0 Å². The Morgan fingerprint density at radius 3 is 2.52 bits per heavy atom. The molecule has 0 aliphatic heterocycles. The van der Waals surface area contributed by atoms with Gasteiger partial charge in [-0.05, 0) is 50.3 Å². The number of aryl methyl sites for hydroxylation is 1. The number of halogens is 1. The van der Waals surface area contributed by atoms with Gasteiger partial charge in [0.1, 0.15) is 16.5 Å². The predicted molar refractivity (Wildman–Crippen MR) is 87.8 cm³/mol. The summed E-state index contributed by atoms with van der Waals surface area (Å²) in [6, 6.07) is 4.80. The van der Waals surface area contributed by atoms with E-state index in [2.05, 4.69) is 11.4 Å². The maximum Gasteiger partial charge on any atom is 0.144 e. The van der Waals surface area contributed by atoms with Crippen molar-refractivity contribution in [3.05, 3.63) is 22.7 Å². The average Bonchev–Trinajstić information content (AvgIpc) is 3.30. The fourth-order valence-corrected chi connectivity index (χ4v) is 2.88. The molecule has 0 unspecified atom stereocenters. The quantitative estimate of drug-likeness (QED) is 0.657. The molecule has 2 rings (SSSR count). The van der Waals surface area contributed by atoms with E-state index in [4.69, 9.17) is 21.1 Å². The van der Waals surface area contributed by atoms with Crippen LogP contribution in [0.25, 0.3) is 0 Å². The number of unbranched alkanes of at least 4 members (excludes halogenated alkanes) is 3. The monoisotopic (exact) mass is 311 g/mol. The Bertz CT molecular complexity index is 447. The molecular weight excluding hydrogens is 286 g/mol. The van der Waals surface area contributed by atoms with E-state index in [1.165, 1.54) is 50.6 Å². The molecule has 1 saturated carbocycles. The largest absolute Gasteiger partial charge is 0.495 e. The smallest absolute Gasteiger partial charge is 0.144 e. The summed E-state index contributed by atoms with van der Waals surface area (Å²) in [5.41, 5.74) is 1.17. The standard InChI is InChI=1S/C17H26ClNO2/c1-20-15-11-8-13(17(21-2)16(15)18)7-5-3-4-6-12-19-14-9-10-14/h8,11,14,19H,3-7,9-10,12H2,1-2H3. The Balaban J connectivity index is 1.70. The fraction of sp³-hybridized carbons (Fsp3) is 0.647. The summed E-state index contributed by atoms with van der Waals surface area (Å²) < 4.78 is 10.6. The molecular formula is C17H26ClNO2. The highest BCUT2D eigenvalue weighted by molar-refractivity contribution is 6.33. The lowest BCUT2D eigenvalue weighted by Gasteiger charge is -2.13. The van der Waals surface area contributed by atoms with Crippen molar-refractivity contribution in [1.82, 2.24) is 5.32 Å². The number of nitrogens with one attached hydrogen (secondary N) is 1. The number of ether oxygens (including phenoxy) is 2. The number of rotatable bonds is 10. The van der Waals surface area contributed by atoms with Crippen LogP contribution in [0.1, 0.15) is 44.1 Å². The zero-order chi connectivity index (χ0) is 15.1.